The molecule has 3 rings (SSSR count). The molecule has 2 atom stereocenters. The van der Waals surface area contributed by atoms with Crippen LogP contribution in [0.1, 0.15) is 58.4 Å². The zero-order valence-corrected chi connectivity index (χ0v) is 15.6. The number of aromatic amines is 1. The van der Waals surface area contributed by atoms with Crippen LogP contribution in [0.2, 0.25) is 0 Å². The summed E-state index contributed by atoms with van der Waals surface area (Å²) in [5.41, 5.74) is 8.71. The van der Waals surface area contributed by atoms with Gasteiger partial charge in [-0.3, -0.25) is 0 Å². The molecule has 2 aromatic rings. The molecule has 1 aromatic carbocycles. The molecule has 5 heteroatoms. The summed E-state index contributed by atoms with van der Waals surface area (Å²) in [7, 11) is 0. The topological polar surface area (TPSA) is 71.3 Å². The Balaban J connectivity index is 1.75. The summed E-state index contributed by atoms with van der Waals surface area (Å²) in [5, 5.41) is 1.20. The molecule has 1 amide bonds. The Morgan fingerprint density at radius 1 is 1.36 bits per heavy atom. The predicted octanol–water partition coefficient (Wildman–Crippen LogP) is 4.64. The number of ether oxygens (including phenoxy) is 1. The quantitative estimate of drug-likeness (QED) is 0.797. The molecule has 136 valence electrons. The van der Waals surface area contributed by atoms with Crippen molar-refractivity contribution in [3.8, 4) is 0 Å². The van der Waals surface area contributed by atoms with Crippen molar-refractivity contribution in [3.63, 3.8) is 0 Å². The highest BCUT2D eigenvalue weighted by Crippen LogP contribution is 2.40. The number of benzene rings is 1. The van der Waals surface area contributed by atoms with Crippen molar-refractivity contribution in [2.45, 2.75) is 64.5 Å². The van der Waals surface area contributed by atoms with Crippen LogP contribution >= 0.6 is 0 Å². The van der Waals surface area contributed by atoms with Crippen LogP contribution in [0.4, 0.5) is 10.5 Å². The summed E-state index contributed by atoms with van der Waals surface area (Å²) in [5.74, 6) is 0.442. The fourth-order valence-electron chi connectivity index (χ4n) is 3.88. The summed E-state index contributed by atoms with van der Waals surface area (Å²) in [6.45, 7) is 8.42. The van der Waals surface area contributed by atoms with Gasteiger partial charge in [-0.05, 0) is 76.6 Å². The van der Waals surface area contributed by atoms with E-state index < -0.39 is 5.60 Å². The van der Waals surface area contributed by atoms with Crippen LogP contribution in [-0.4, -0.2) is 34.2 Å². The smallest absolute Gasteiger partial charge is 0.410 e. The zero-order valence-electron chi connectivity index (χ0n) is 15.6. The lowest BCUT2D eigenvalue weighted by molar-refractivity contribution is 0.0177. The molecule has 3 N–H and O–H groups in total. The molecule has 0 saturated heterocycles. The van der Waals surface area contributed by atoms with E-state index in [9.17, 15) is 4.79 Å². The summed E-state index contributed by atoms with van der Waals surface area (Å²) >= 11 is 0. The lowest BCUT2D eigenvalue weighted by atomic mass is 9.96. The highest BCUT2D eigenvalue weighted by molar-refractivity contribution is 5.86. The van der Waals surface area contributed by atoms with E-state index in [2.05, 4.69) is 11.2 Å². The average Bonchev–Trinajstić information content (AvgIpc) is 3.12. The van der Waals surface area contributed by atoms with E-state index in [0.717, 1.165) is 30.5 Å². The minimum atomic E-state index is -0.461. The standard InChI is InChI=1S/C20H29N3O2/c1-5-23(19(24)25-20(2,3)4)15-8-6-13(10-15)17-12-22-18-9-7-14(21)11-16(17)18/h7,9,11-13,15,22H,5-6,8,10,21H2,1-4H3. The number of rotatable bonds is 3. The molecule has 1 aliphatic rings. The van der Waals surface area contributed by atoms with Crippen LogP contribution in [0.3, 0.4) is 0 Å². The van der Waals surface area contributed by atoms with Gasteiger partial charge in [-0.2, -0.15) is 0 Å². The third-order valence-corrected chi connectivity index (χ3v) is 4.99. The number of hydrogen-bond acceptors (Lipinski definition) is 3. The van der Waals surface area contributed by atoms with Gasteiger partial charge in [-0.25, -0.2) is 4.79 Å². The van der Waals surface area contributed by atoms with E-state index in [1.54, 1.807) is 0 Å². The highest BCUT2D eigenvalue weighted by Gasteiger charge is 2.34. The van der Waals surface area contributed by atoms with Gasteiger partial charge in [0.15, 0.2) is 0 Å². The lowest BCUT2D eigenvalue weighted by Gasteiger charge is -2.31. The monoisotopic (exact) mass is 343 g/mol. The maximum Gasteiger partial charge on any atom is 0.410 e. The molecule has 0 aliphatic heterocycles. The number of nitrogens with one attached hydrogen (secondary N) is 1. The summed E-state index contributed by atoms with van der Waals surface area (Å²) in [6.07, 6.45) is 4.94. The summed E-state index contributed by atoms with van der Waals surface area (Å²) in [4.78, 5) is 17.7. The highest BCUT2D eigenvalue weighted by atomic mass is 16.6. The minimum Gasteiger partial charge on any atom is -0.444 e. The number of amides is 1. The van der Waals surface area contributed by atoms with Crippen LogP contribution in [0.5, 0.6) is 0 Å². The molecule has 1 aliphatic carbocycles. The van der Waals surface area contributed by atoms with Crippen molar-refractivity contribution >= 4 is 22.7 Å². The average molecular weight is 343 g/mol. The first-order chi connectivity index (χ1) is 11.8. The number of nitrogens with zero attached hydrogens (tertiary/aromatic N) is 1. The second-order valence-electron chi connectivity index (χ2n) is 7.98. The fraction of sp³-hybridized carbons (Fsp3) is 0.550. The van der Waals surface area contributed by atoms with Gasteiger partial charge in [-0.15, -0.1) is 0 Å². The van der Waals surface area contributed by atoms with Gasteiger partial charge < -0.3 is 20.4 Å². The molecule has 1 aromatic heterocycles. The van der Waals surface area contributed by atoms with E-state index in [1.807, 2.05) is 50.8 Å². The summed E-state index contributed by atoms with van der Waals surface area (Å²) < 4.78 is 5.58. The van der Waals surface area contributed by atoms with Gasteiger partial charge in [0.2, 0.25) is 0 Å². The van der Waals surface area contributed by atoms with Crippen LogP contribution < -0.4 is 5.73 Å². The van der Waals surface area contributed by atoms with Crippen molar-refractivity contribution in [1.29, 1.82) is 0 Å². The first kappa shape index (κ1) is 17.6. The Morgan fingerprint density at radius 2 is 2.12 bits per heavy atom. The number of anilines is 1. The number of nitrogen functional groups attached to an aromatic ring is 1. The normalized spacial score (nSPS) is 20.8. The number of aromatic nitrogens is 1. The minimum absolute atomic E-state index is 0.205. The first-order valence-electron chi connectivity index (χ1n) is 9.14. The molecule has 0 bridgehead atoms. The largest absolute Gasteiger partial charge is 0.444 e. The molecule has 1 fully saturated rings. The molecule has 0 spiro atoms. The Morgan fingerprint density at radius 3 is 2.80 bits per heavy atom. The molecule has 1 heterocycles. The molecular weight excluding hydrogens is 314 g/mol. The van der Waals surface area contributed by atoms with Gasteiger partial charge in [-0.1, -0.05) is 0 Å². The third kappa shape index (κ3) is 3.75. The predicted molar refractivity (Wildman–Crippen MR) is 102 cm³/mol. The van der Waals surface area contributed by atoms with E-state index in [0.29, 0.717) is 12.5 Å². The number of nitrogens with two attached hydrogens (primary N) is 1. The first-order valence-corrected chi connectivity index (χ1v) is 9.14. The van der Waals surface area contributed by atoms with Crippen molar-refractivity contribution in [3.05, 3.63) is 30.0 Å². The Bertz CT molecular complexity index is 760. The van der Waals surface area contributed by atoms with Crippen molar-refractivity contribution in [1.82, 2.24) is 9.88 Å². The van der Waals surface area contributed by atoms with E-state index in [-0.39, 0.29) is 12.1 Å². The Hall–Kier alpha value is -2.17. The second kappa shape index (κ2) is 6.62. The van der Waals surface area contributed by atoms with E-state index >= 15 is 0 Å². The summed E-state index contributed by atoms with van der Waals surface area (Å²) in [6, 6.07) is 6.22. The number of H-pyrrole nitrogens is 1. The zero-order chi connectivity index (χ0) is 18.2. The van der Waals surface area contributed by atoms with Crippen LogP contribution in [-0.2, 0) is 4.74 Å². The van der Waals surface area contributed by atoms with Crippen LogP contribution in [0.15, 0.2) is 24.4 Å². The van der Waals surface area contributed by atoms with E-state index in [4.69, 9.17) is 10.5 Å². The maximum atomic E-state index is 12.5. The molecule has 2 unspecified atom stereocenters. The molecule has 5 nitrogen and oxygen atoms in total. The third-order valence-electron chi connectivity index (χ3n) is 4.99. The van der Waals surface area contributed by atoms with Crippen LogP contribution in [0.25, 0.3) is 10.9 Å². The number of fused-ring (bicyclic) bond motifs is 1. The van der Waals surface area contributed by atoms with Crippen molar-refractivity contribution in [2.24, 2.45) is 0 Å². The Labute approximate surface area is 149 Å². The van der Waals surface area contributed by atoms with Gasteiger partial charge in [0.05, 0.1) is 0 Å². The molecule has 0 radical (unpaired) electrons. The second-order valence-corrected chi connectivity index (χ2v) is 7.98. The van der Waals surface area contributed by atoms with Crippen molar-refractivity contribution < 1.29 is 9.53 Å². The van der Waals surface area contributed by atoms with Crippen LogP contribution in [0, 0.1) is 0 Å². The maximum absolute atomic E-state index is 12.5. The molecular formula is C20H29N3O2. The van der Waals surface area contributed by atoms with E-state index in [1.165, 1.54) is 10.9 Å². The number of carbonyl (C=O) groups is 1. The lowest BCUT2D eigenvalue weighted by Crippen LogP contribution is -2.42. The van der Waals surface area contributed by atoms with Crippen molar-refractivity contribution in [2.75, 3.05) is 12.3 Å². The number of hydrogen-bond donors (Lipinski definition) is 2. The molecule has 1 saturated carbocycles. The molecule has 25 heavy (non-hydrogen) atoms. The van der Waals surface area contributed by atoms with Gasteiger partial charge in [0.25, 0.3) is 0 Å². The van der Waals surface area contributed by atoms with Gasteiger partial charge in [0.1, 0.15) is 5.60 Å². The van der Waals surface area contributed by atoms with Gasteiger partial charge in [0, 0.05) is 35.4 Å². The fourth-order valence-corrected chi connectivity index (χ4v) is 3.88. The SMILES string of the molecule is CCN(C(=O)OC(C)(C)C)C1CCC(c2c[nH]c3ccc(N)cc23)C1. The Kier molecular flexibility index (Phi) is 4.67. The van der Waals surface area contributed by atoms with Gasteiger partial charge >= 0.3 is 6.09 Å². The number of carbonyl (C=O) groups excluding carboxylic acids is 1.